The molecule has 17 heavy (non-hydrogen) atoms. The van der Waals surface area contributed by atoms with E-state index in [0.29, 0.717) is 6.42 Å². The number of benzene rings is 1. The summed E-state index contributed by atoms with van der Waals surface area (Å²) in [5.41, 5.74) is 3.67. The fourth-order valence-corrected chi connectivity index (χ4v) is 2.06. The number of rotatable bonds is 3. The van der Waals surface area contributed by atoms with Crippen LogP contribution >= 0.6 is 0 Å². The van der Waals surface area contributed by atoms with Crippen molar-refractivity contribution in [2.45, 2.75) is 33.7 Å². The van der Waals surface area contributed by atoms with Gasteiger partial charge in [0.25, 0.3) is 0 Å². The first-order valence-corrected chi connectivity index (χ1v) is 5.97. The van der Waals surface area contributed by atoms with Gasteiger partial charge in [-0.3, -0.25) is 4.68 Å². The Morgan fingerprint density at radius 1 is 1.29 bits per heavy atom. The second kappa shape index (κ2) is 4.70. The molecule has 0 radical (unpaired) electrons. The fourth-order valence-electron chi connectivity index (χ4n) is 2.06. The summed E-state index contributed by atoms with van der Waals surface area (Å²) in [6.07, 6.45) is 4.46. The maximum absolute atomic E-state index is 13.9. The normalized spacial score (nSPS) is 10.8. The first kappa shape index (κ1) is 11.8. The molecule has 0 saturated carbocycles. The summed E-state index contributed by atoms with van der Waals surface area (Å²) in [5.74, 6) is -0.119. The van der Waals surface area contributed by atoms with E-state index in [9.17, 15) is 4.39 Å². The average Bonchev–Trinajstić information content (AvgIpc) is 2.76. The molecule has 2 rings (SSSR count). The van der Waals surface area contributed by atoms with Gasteiger partial charge in [-0.25, -0.2) is 4.39 Å². The van der Waals surface area contributed by atoms with E-state index >= 15 is 0 Å². The van der Waals surface area contributed by atoms with Crippen LogP contribution in [0.25, 0.3) is 11.1 Å². The van der Waals surface area contributed by atoms with Crippen LogP contribution in [0.5, 0.6) is 0 Å². The highest BCUT2D eigenvalue weighted by molar-refractivity contribution is 5.67. The monoisotopic (exact) mass is 232 g/mol. The Morgan fingerprint density at radius 3 is 2.65 bits per heavy atom. The van der Waals surface area contributed by atoms with E-state index in [4.69, 9.17) is 0 Å². The number of nitrogens with zero attached hydrogens (tertiary/aromatic N) is 2. The molecule has 2 aromatic rings. The summed E-state index contributed by atoms with van der Waals surface area (Å²) in [7, 11) is 0. The van der Waals surface area contributed by atoms with Crippen LogP contribution in [0.1, 0.15) is 25.0 Å². The number of halogens is 1. The smallest absolute Gasteiger partial charge is 0.127 e. The van der Waals surface area contributed by atoms with Gasteiger partial charge in [-0.1, -0.05) is 13.0 Å². The Morgan fingerprint density at radius 2 is 2.06 bits per heavy atom. The number of hydrogen-bond acceptors (Lipinski definition) is 1. The van der Waals surface area contributed by atoms with Crippen LogP contribution in [-0.2, 0) is 13.0 Å². The molecule has 0 aliphatic carbocycles. The molecular formula is C14H17FN2. The molecular weight excluding hydrogens is 215 g/mol. The Hall–Kier alpha value is -1.64. The molecule has 1 heterocycles. The van der Waals surface area contributed by atoms with Crippen LogP contribution < -0.4 is 0 Å². The lowest BCUT2D eigenvalue weighted by atomic mass is 9.98. The van der Waals surface area contributed by atoms with Crippen molar-refractivity contribution >= 4 is 0 Å². The van der Waals surface area contributed by atoms with Crippen LogP contribution in [0, 0.1) is 12.7 Å². The zero-order valence-electron chi connectivity index (χ0n) is 10.5. The lowest BCUT2D eigenvalue weighted by molar-refractivity contribution is 0.612. The van der Waals surface area contributed by atoms with E-state index in [-0.39, 0.29) is 5.82 Å². The van der Waals surface area contributed by atoms with Gasteiger partial charge in [-0.05, 0) is 43.0 Å². The molecule has 0 atom stereocenters. The highest BCUT2D eigenvalue weighted by Crippen LogP contribution is 2.27. The first-order chi connectivity index (χ1) is 8.15. The number of aryl methyl sites for hydroxylation is 2. The van der Waals surface area contributed by atoms with Crippen molar-refractivity contribution in [3.05, 3.63) is 41.5 Å². The second-order valence-corrected chi connectivity index (χ2v) is 4.21. The summed E-state index contributed by atoms with van der Waals surface area (Å²) in [4.78, 5) is 0. The summed E-state index contributed by atoms with van der Waals surface area (Å²) in [6, 6.07) is 3.62. The third-order valence-electron chi connectivity index (χ3n) is 2.96. The van der Waals surface area contributed by atoms with E-state index in [2.05, 4.69) is 5.10 Å². The van der Waals surface area contributed by atoms with Gasteiger partial charge < -0.3 is 0 Å². The van der Waals surface area contributed by atoms with E-state index in [1.165, 1.54) is 0 Å². The molecule has 0 aliphatic rings. The van der Waals surface area contributed by atoms with Gasteiger partial charge >= 0.3 is 0 Å². The highest BCUT2D eigenvalue weighted by atomic mass is 19.1. The number of hydrogen-bond donors (Lipinski definition) is 0. The lowest BCUT2D eigenvalue weighted by Crippen LogP contribution is -1.94. The van der Waals surface area contributed by atoms with Gasteiger partial charge in [0, 0.05) is 18.3 Å². The minimum Gasteiger partial charge on any atom is -0.272 e. The predicted molar refractivity (Wildman–Crippen MR) is 67.4 cm³/mol. The van der Waals surface area contributed by atoms with Crippen molar-refractivity contribution in [2.75, 3.05) is 0 Å². The van der Waals surface area contributed by atoms with Gasteiger partial charge in [-0.2, -0.15) is 5.10 Å². The van der Waals surface area contributed by atoms with Crippen molar-refractivity contribution in [1.29, 1.82) is 0 Å². The van der Waals surface area contributed by atoms with Crippen molar-refractivity contribution in [3.8, 4) is 11.1 Å². The highest BCUT2D eigenvalue weighted by Gasteiger charge is 2.11. The Kier molecular flexibility index (Phi) is 3.27. The summed E-state index contributed by atoms with van der Waals surface area (Å²) in [5, 5.41) is 4.24. The molecule has 0 amide bonds. The van der Waals surface area contributed by atoms with Crippen molar-refractivity contribution in [3.63, 3.8) is 0 Å². The van der Waals surface area contributed by atoms with Crippen LogP contribution in [0.15, 0.2) is 24.5 Å². The fraction of sp³-hybridized carbons (Fsp3) is 0.357. The summed E-state index contributed by atoms with van der Waals surface area (Å²) in [6.45, 7) is 6.75. The van der Waals surface area contributed by atoms with Gasteiger partial charge in [0.15, 0.2) is 0 Å². The molecule has 0 unspecified atom stereocenters. The predicted octanol–water partition coefficient (Wildman–Crippen LogP) is 3.58. The standard InChI is InChI=1S/C14H17FN2/c1-4-12-13(6-10(3)7-14(12)15)11-8-16-17(5-2)9-11/h6-9H,4-5H2,1-3H3. The average molecular weight is 232 g/mol. The maximum atomic E-state index is 13.9. The van der Waals surface area contributed by atoms with Gasteiger partial charge in [0.1, 0.15) is 5.82 Å². The minimum atomic E-state index is -0.119. The molecule has 0 aliphatic heterocycles. The van der Waals surface area contributed by atoms with E-state index in [0.717, 1.165) is 28.8 Å². The third kappa shape index (κ3) is 2.23. The zero-order chi connectivity index (χ0) is 12.4. The van der Waals surface area contributed by atoms with E-state index in [1.807, 2.05) is 37.7 Å². The molecule has 0 N–H and O–H groups in total. The molecule has 0 fully saturated rings. The quantitative estimate of drug-likeness (QED) is 0.791. The molecule has 0 saturated heterocycles. The molecule has 1 aromatic carbocycles. The third-order valence-corrected chi connectivity index (χ3v) is 2.96. The molecule has 0 bridgehead atoms. The molecule has 0 spiro atoms. The first-order valence-electron chi connectivity index (χ1n) is 5.97. The zero-order valence-corrected chi connectivity index (χ0v) is 10.5. The Bertz CT molecular complexity index is 529. The molecule has 2 nitrogen and oxygen atoms in total. The SMILES string of the molecule is CCc1c(F)cc(C)cc1-c1cnn(CC)c1. The van der Waals surface area contributed by atoms with Crippen LogP contribution in [0.4, 0.5) is 4.39 Å². The van der Waals surface area contributed by atoms with Crippen molar-refractivity contribution < 1.29 is 4.39 Å². The van der Waals surface area contributed by atoms with E-state index < -0.39 is 0 Å². The number of aromatic nitrogens is 2. The second-order valence-electron chi connectivity index (χ2n) is 4.21. The molecule has 3 heteroatoms. The van der Waals surface area contributed by atoms with Crippen LogP contribution in [-0.4, -0.2) is 9.78 Å². The van der Waals surface area contributed by atoms with Crippen LogP contribution in [0.2, 0.25) is 0 Å². The Labute approximate surface area is 101 Å². The largest absolute Gasteiger partial charge is 0.272 e. The topological polar surface area (TPSA) is 17.8 Å². The van der Waals surface area contributed by atoms with Gasteiger partial charge in [-0.15, -0.1) is 0 Å². The molecule has 1 aromatic heterocycles. The Balaban J connectivity index is 2.57. The summed E-state index contributed by atoms with van der Waals surface area (Å²) < 4.78 is 15.7. The lowest BCUT2D eigenvalue weighted by Gasteiger charge is -2.08. The minimum absolute atomic E-state index is 0.119. The summed E-state index contributed by atoms with van der Waals surface area (Å²) >= 11 is 0. The van der Waals surface area contributed by atoms with Crippen molar-refractivity contribution in [1.82, 2.24) is 9.78 Å². The maximum Gasteiger partial charge on any atom is 0.127 e. The molecule has 90 valence electrons. The van der Waals surface area contributed by atoms with Gasteiger partial charge in [0.2, 0.25) is 0 Å². The van der Waals surface area contributed by atoms with E-state index in [1.54, 1.807) is 12.3 Å². The van der Waals surface area contributed by atoms with Crippen molar-refractivity contribution in [2.24, 2.45) is 0 Å². The van der Waals surface area contributed by atoms with Crippen LogP contribution in [0.3, 0.4) is 0 Å². The van der Waals surface area contributed by atoms with Gasteiger partial charge in [0.05, 0.1) is 6.20 Å².